The van der Waals surface area contributed by atoms with Crippen molar-refractivity contribution in [2.75, 3.05) is 6.61 Å². The van der Waals surface area contributed by atoms with Gasteiger partial charge in [0, 0.05) is 17.1 Å². The first-order chi connectivity index (χ1) is 7.45. The Kier molecular flexibility index (Phi) is 4.78. The van der Waals surface area contributed by atoms with Crippen LogP contribution in [-0.2, 0) is 0 Å². The average molecular weight is 242 g/mol. The Morgan fingerprint density at radius 3 is 2.38 bits per heavy atom. The maximum absolute atomic E-state index is 9.00. The quantitative estimate of drug-likeness (QED) is 0.850. The summed E-state index contributed by atoms with van der Waals surface area (Å²) in [5.74, 6) is 0. The van der Waals surface area contributed by atoms with Crippen molar-refractivity contribution in [3.8, 4) is 0 Å². The van der Waals surface area contributed by atoms with Crippen molar-refractivity contribution in [1.82, 2.24) is 5.32 Å². The van der Waals surface area contributed by atoms with Gasteiger partial charge < -0.3 is 10.4 Å². The van der Waals surface area contributed by atoms with Crippen molar-refractivity contribution in [1.29, 1.82) is 0 Å². The SMILES string of the molecule is Cc1cc(Cl)c(C(C)NC(C)CO)cc1C. The highest BCUT2D eigenvalue weighted by Gasteiger charge is 2.13. The molecule has 0 aliphatic carbocycles. The third kappa shape index (κ3) is 3.21. The van der Waals surface area contributed by atoms with Gasteiger partial charge in [0.1, 0.15) is 0 Å². The van der Waals surface area contributed by atoms with E-state index in [1.54, 1.807) is 0 Å². The predicted molar refractivity (Wildman–Crippen MR) is 69.0 cm³/mol. The average Bonchev–Trinajstić information content (AvgIpc) is 2.23. The standard InChI is InChI=1S/C13H20ClNO/c1-8-5-12(13(14)6-9(8)2)11(4)15-10(3)7-16/h5-6,10-11,15-16H,7H2,1-4H3. The summed E-state index contributed by atoms with van der Waals surface area (Å²) in [5, 5.41) is 13.1. The highest BCUT2D eigenvalue weighted by molar-refractivity contribution is 6.31. The van der Waals surface area contributed by atoms with Crippen LogP contribution in [0.5, 0.6) is 0 Å². The molecule has 0 spiro atoms. The zero-order valence-electron chi connectivity index (χ0n) is 10.3. The molecule has 0 saturated carbocycles. The van der Waals surface area contributed by atoms with Gasteiger partial charge in [-0.3, -0.25) is 0 Å². The van der Waals surface area contributed by atoms with E-state index < -0.39 is 0 Å². The molecule has 0 radical (unpaired) electrons. The zero-order chi connectivity index (χ0) is 12.3. The number of aliphatic hydroxyl groups is 1. The summed E-state index contributed by atoms with van der Waals surface area (Å²) in [7, 11) is 0. The van der Waals surface area contributed by atoms with Crippen molar-refractivity contribution >= 4 is 11.6 Å². The summed E-state index contributed by atoms with van der Waals surface area (Å²) in [6.07, 6.45) is 0. The Labute approximate surface area is 103 Å². The fourth-order valence-electron chi connectivity index (χ4n) is 1.70. The number of aryl methyl sites for hydroxylation is 2. The van der Waals surface area contributed by atoms with Crippen molar-refractivity contribution < 1.29 is 5.11 Å². The Hall–Kier alpha value is -0.570. The Bertz CT molecular complexity index is 365. The first-order valence-electron chi connectivity index (χ1n) is 5.59. The lowest BCUT2D eigenvalue weighted by Crippen LogP contribution is -2.31. The first-order valence-corrected chi connectivity index (χ1v) is 5.97. The Balaban J connectivity index is 2.91. The van der Waals surface area contributed by atoms with Gasteiger partial charge in [0.15, 0.2) is 0 Å². The van der Waals surface area contributed by atoms with Gasteiger partial charge >= 0.3 is 0 Å². The number of hydrogen-bond acceptors (Lipinski definition) is 2. The third-order valence-corrected chi connectivity index (χ3v) is 3.22. The summed E-state index contributed by atoms with van der Waals surface area (Å²) in [6.45, 7) is 8.27. The molecule has 0 amide bonds. The lowest BCUT2D eigenvalue weighted by atomic mass is 10.0. The summed E-state index contributed by atoms with van der Waals surface area (Å²) < 4.78 is 0. The van der Waals surface area contributed by atoms with E-state index in [1.165, 1.54) is 11.1 Å². The van der Waals surface area contributed by atoms with Crippen molar-refractivity contribution in [2.45, 2.75) is 39.8 Å². The van der Waals surface area contributed by atoms with Crippen LogP contribution in [0.4, 0.5) is 0 Å². The van der Waals surface area contributed by atoms with Crippen LogP contribution < -0.4 is 5.32 Å². The normalized spacial score (nSPS) is 14.9. The molecule has 2 unspecified atom stereocenters. The van der Waals surface area contributed by atoms with Crippen LogP contribution in [0.15, 0.2) is 12.1 Å². The smallest absolute Gasteiger partial charge is 0.0582 e. The number of halogens is 1. The Morgan fingerprint density at radius 2 is 1.81 bits per heavy atom. The van der Waals surface area contributed by atoms with Gasteiger partial charge in [-0.05, 0) is 50.5 Å². The van der Waals surface area contributed by atoms with Crippen LogP contribution in [0, 0.1) is 13.8 Å². The molecule has 2 nitrogen and oxygen atoms in total. The van der Waals surface area contributed by atoms with Crippen LogP contribution >= 0.6 is 11.6 Å². The van der Waals surface area contributed by atoms with E-state index in [0.717, 1.165) is 10.6 Å². The summed E-state index contributed by atoms with van der Waals surface area (Å²) in [5.41, 5.74) is 3.53. The van der Waals surface area contributed by atoms with E-state index in [0.29, 0.717) is 0 Å². The molecule has 1 aromatic carbocycles. The third-order valence-electron chi connectivity index (χ3n) is 2.89. The van der Waals surface area contributed by atoms with Gasteiger partial charge in [-0.1, -0.05) is 17.7 Å². The largest absolute Gasteiger partial charge is 0.395 e. The minimum Gasteiger partial charge on any atom is -0.395 e. The van der Waals surface area contributed by atoms with Gasteiger partial charge in [0.2, 0.25) is 0 Å². The van der Waals surface area contributed by atoms with Crippen LogP contribution in [0.2, 0.25) is 5.02 Å². The number of nitrogens with one attached hydrogen (secondary N) is 1. The fraction of sp³-hybridized carbons (Fsp3) is 0.538. The van der Waals surface area contributed by atoms with E-state index in [2.05, 4.69) is 32.2 Å². The molecule has 2 atom stereocenters. The molecule has 3 heteroatoms. The van der Waals surface area contributed by atoms with Gasteiger partial charge in [0.25, 0.3) is 0 Å². The van der Waals surface area contributed by atoms with E-state index in [4.69, 9.17) is 16.7 Å². The number of aliphatic hydroxyl groups excluding tert-OH is 1. The van der Waals surface area contributed by atoms with Gasteiger partial charge in [0.05, 0.1) is 6.61 Å². The molecule has 1 rings (SSSR count). The molecule has 2 N–H and O–H groups in total. The summed E-state index contributed by atoms with van der Waals surface area (Å²) in [4.78, 5) is 0. The second kappa shape index (κ2) is 5.67. The second-order valence-corrected chi connectivity index (χ2v) is 4.84. The van der Waals surface area contributed by atoms with E-state index in [-0.39, 0.29) is 18.7 Å². The molecule has 0 heterocycles. The predicted octanol–water partition coefficient (Wildman–Crippen LogP) is 2.99. The van der Waals surface area contributed by atoms with Crippen LogP contribution in [0.3, 0.4) is 0 Å². The van der Waals surface area contributed by atoms with Gasteiger partial charge in [-0.2, -0.15) is 0 Å². The van der Waals surface area contributed by atoms with E-state index >= 15 is 0 Å². The monoisotopic (exact) mass is 241 g/mol. The molecule has 0 saturated heterocycles. The first kappa shape index (κ1) is 13.5. The van der Waals surface area contributed by atoms with E-state index in [1.807, 2.05) is 13.0 Å². The number of hydrogen-bond donors (Lipinski definition) is 2. The lowest BCUT2D eigenvalue weighted by molar-refractivity contribution is 0.243. The van der Waals surface area contributed by atoms with Gasteiger partial charge in [-0.15, -0.1) is 0 Å². The maximum atomic E-state index is 9.00. The second-order valence-electron chi connectivity index (χ2n) is 4.43. The molecule has 16 heavy (non-hydrogen) atoms. The zero-order valence-corrected chi connectivity index (χ0v) is 11.1. The topological polar surface area (TPSA) is 32.3 Å². The Morgan fingerprint density at radius 1 is 1.25 bits per heavy atom. The van der Waals surface area contributed by atoms with Crippen LogP contribution in [0.1, 0.15) is 36.6 Å². The highest BCUT2D eigenvalue weighted by Crippen LogP contribution is 2.26. The molecule has 0 fully saturated rings. The van der Waals surface area contributed by atoms with Crippen molar-refractivity contribution in [3.05, 3.63) is 33.8 Å². The molecule has 90 valence electrons. The molecule has 0 aliphatic rings. The summed E-state index contributed by atoms with van der Waals surface area (Å²) >= 11 is 6.22. The van der Waals surface area contributed by atoms with Crippen molar-refractivity contribution in [2.24, 2.45) is 0 Å². The molecule has 1 aromatic rings. The summed E-state index contributed by atoms with van der Waals surface area (Å²) in [6, 6.07) is 4.33. The molecular formula is C13H20ClNO. The molecule has 0 aliphatic heterocycles. The number of benzene rings is 1. The minimum absolute atomic E-state index is 0.0766. The van der Waals surface area contributed by atoms with Crippen LogP contribution in [0.25, 0.3) is 0 Å². The number of rotatable bonds is 4. The van der Waals surface area contributed by atoms with Gasteiger partial charge in [-0.25, -0.2) is 0 Å². The van der Waals surface area contributed by atoms with E-state index in [9.17, 15) is 0 Å². The molecular weight excluding hydrogens is 222 g/mol. The van der Waals surface area contributed by atoms with Crippen LogP contribution in [-0.4, -0.2) is 17.8 Å². The lowest BCUT2D eigenvalue weighted by Gasteiger charge is -2.20. The molecule has 0 bridgehead atoms. The molecule has 0 aromatic heterocycles. The maximum Gasteiger partial charge on any atom is 0.0582 e. The minimum atomic E-state index is 0.0766. The highest BCUT2D eigenvalue weighted by atomic mass is 35.5. The fourth-order valence-corrected chi connectivity index (χ4v) is 2.09. The van der Waals surface area contributed by atoms with Crippen molar-refractivity contribution in [3.63, 3.8) is 0 Å².